The first-order valence-electron chi connectivity index (χ1n) is 8.48. The Kier molecular flexibility index (Phi) is 4.86. The van der Waals surface area contributed by atoms with Crippen molar-refractivity contribution in [3.63, 3.8) is 0 Å². The van der Waals surface area contributed by atoms with Crippen molar-refractivity contribution in [1.29, 1.82) is 0 Å². The molecule has 2 aromatic rings. The van der Waals surface area contributed by atoms with Crippen LogP contribution in [0.15, 0.2) is 30.3 Å². The minimum atomic E-state index is -0.808. The molecule has 1 N–H and O–H groups in total. The number of thiol groups is 1. The van der Waals surface area contributed by atoms with Gasteiger partial charge in [-0.15, -0.1) is 12.6 Å². The highest BCUT2D eigenvalue weighted by atomic mass is 32.1. The molecule has 0 bridgehead atoms. The van der Waals surface area contributed by atoms with Gasteiger partial charge in [0.15, 0.2) is 0 Å². The summed E-state index contributed by atoms with van der Waals surface area (Å²) in [6.07, 6.45) is 3.47. The molecule has 24 heavy (non-hydrogen) atoms. The molecule has 3 rings (SSSR count). The Hall–Kier alpha value is -1.94. The van der Waals surface area contributed by atoms with E-state index < -0.39 is 5.97 Å². The number of carboxylic acid groups (broad SMARTS) is 1. The van der Waals surface area contributed by atoms with E-state index in [2.05, 4.69) is 23.6 Å². The lowest BCUT2D eigenvalue weighted by Gasteiger charge is -2.10. The van der Waals surface area contributed by atoms with Crippen LogP contribution in [0.25, 0.3) is 10.5 Å². The molecule has 0 unspecified atom stereocenters. The summed E-state index contributed by atoms with van der Waals surface area (Å²) in [5.74, 6) is -0.808. The van der Waals surface area contributed by atoms with Crippen LogP contribution in [-0.4, -0.2) is 15.6 Å². The Morgan fingerprint density at radius 1 is 1.29 bits per heavy atom. The fraction of sp³-hybridized carbons (Fsp3) is 0.350. The average Bonchev–Trinajstić information content (AvgIpc) is 2.76. The molecule has 2 heterocycles. The van der Waals surface area contributed by atoms with E-state index >= 15 is 0 Å². The molecule has 1 aromatic heterocycles. The first-order valence-corrected chi connectivity index (χ1v) is 8.93. The molecule has 0 saturated carbocycles. The first-order chi connectivity index (χ1) is 11.5. The van der Waals surface area contributed by atoms with Gasteiger partial charge in [-0.1, -0.05) is 31.2 Å². The SMILES string of the molecule is CCc1ccccc1C(S)=c1c(C)cc2n1CCCCC=2C(=O)O. The molecule has 0 fully saturated rings. The van der Waals surface area contributed by atoms with E-state index in [0.717, 1.165) is 52.5 Å². The molecule has 0 amide bonds. The van der Waals surface area contributed by atoms with Crippen molar-refractivity contribution < 1.29 is 9.90 Å². The van der Waals surface area contributed by atoms with Crippen molar-refractivity contribution in [3.8, 4) is 0 Å². The number of carboxylic acids is 1. The number of aryl methyl sites for hydroxylation is 2. The van der Waals surface area contributed by atoms with Gasteiger partial charge in [0.1, 0.15) is 0 Å². The maximum absolute atomic E-state index is 11.7. The number of nitrogens with zero attached hydrogens (tertiary/aromatic N) is 1. The third-order valence-corrected chi connectivity index (χ3v) is 5.24. The van der Waals surface area contributed by atoms with Gasteiger partial charge in [-0.05, 0) is 55.4 Å². The van der Waals surface area contributed by atoms with E-state index in [1.165, 1.54) is 5.56 Å². The number of aromatic nitrogens is 1. The summed E-state index contributed by atoms with van der Waals surface area (Å²) in [5.41, 5.74) is 4.00. The molecular weight excluding hydrogens is 318 g/mol. The largest absolute Gasteiger partial charge is 0.478 e. The van der Waals surface area contributed by atoms with Crippen molar-refractivity contribution in [2.24, 2.45) is 0 Å². The Labute approximate surface area is 147 Å². The van der Waals surface area contributed by atoms with E-state index in [1.807, 2.05) is 25.1 Å². The second-order valence-corrected chi connectivity index (χ2v) is 6.76. The van der Waals surface area contributed by atoms with Crippen LogP contribution in [0.2, 0.25) is 0 Å². The van der Waals surface area contributed by atoms with Crippen LogP contribution in [-0.2, 0) is 17.8 Å². The summed E-state index contributed by atoms with van der Waals surface area (Å²) in [6.45, 7) is 5.02. The zero-order valence-corrected chi connectivity index (χ0v) is 15.1. The lowest BCUT2D eigenvalue weighted by Crippen LogP contribution is -2.30. The number of benzene rings is 1. The molecule has 0 saturated heterocycles. The quantitative estimate of drug-likeness (QED) is 0.843. The summed E-state index contributed by atoms with van der Waals surface area (Å²) < 4.78 is 2.15. The van der Waals surface area contributed by atoms with Gasteiger partial charge in [0, 0.05) is 11.4 Å². The van der Waals surface area contributed by atoms with Crippen molar-refractivity contribution in [2.45, 2.75) is 46.1 Å². The summed E-state index contributed by atoms with van der Waals surface area (Å²) in [4.78, 5) is 12.6. The van der Waals surface area contributed by atoms with E-state index in [0.29, 0.717) is 12.0 Å². The zero-order chi connectivity index (χ0) is 17.3. The Bertz CT molecular complexity index is 908. The van der Waals surface area contributed by atoms with Crippen LogP contribution in [0.4, 0.5) is 0 Å². The molecular formula is C20H23NO2S. The lowest BCUT2D eigenvalue weighted by atomic mass is 10.0. The van der Waals surface area contributed by atoms with Gasteiger partial charge in [0.05, 0.1) is 16.3 Å². The van der Waals surface area contributed by atoms with Gasteiger partial charge < -0.3 is 9.67 Å². The van der Waals surface area contributed by atoms with Crippen molar-refractivity contribution in [2.75, 3.05) is 0 Å². The molecule has 1 aliphatic rings. The molecule has 0 atom stereocenters. The van der Waals surface area contributed by atoms with E-state index in [-0.39, 0.29) is 0 Å². The molecule has 0 aliphatic carbocycles. The van der Waals surface area contributed by atoms with Gasteiger partial charge in [-0.3, -0.25) is 0 Å². The molecule has 3 nitrogen and oxygen atoms in total. The van der Waals surface area contributed by atoms with Crippen molar-refractivity contribution >= 4 is 29.1 Å². The minimum Gasteiger partial charge on any atom is -0.478 e. The maximum Gasteiger partial charge on any atom is 0.333 e. The molecule has 0 spiro atoms. The molecule has 126 valence electrons. The lowest BCUT2D eigenvalue weighted by molar-refractivity contribution is -0.130. The number of hydrogen-bond donors (Lipinski definition) is 2. The van der Waals surface area contributed by atoms with Crippen molar-refractivity contribution in [1.82, 2.24) is 4.57 Å². The fourth-order valence-electron chi connectivity index (χ4n) is 3.59. The summed E-state index contributed by atoms with van der Waals surface area (Å²) in [5, 5.41) is 11.5. The van der Waals surface area contributed by atoms with E-state index in [4.69, 9.17) is 12.6 Å². The van der Waals surface area contributed by atoms with Gasteiger partial charge in [-0.2, -0.15) is 0 Å². The molecule has 1 aliphatic heterocycles. The van der Waals surface area contributed by atoms with Crippen LogP contribution in [0, 0.1) is 6.92 Å². The van der Waals surface area contributed by atoms with Crippen LogP contribution >= 0.6 is 12.6 Å². The van der Waals surface area contributed by atoms with Crippen LogP contribution in [0.1, 0.15) is 42.9 Å². The molecule has 4 heteroatoms. The second kappa shape index (κ2) is 6.89. The highest BCUT2D eigenvalue weighted by Crippen LogP contribution is 2.21. The average molecular weight is 341 g/mol. The molecule has 1 aromatic carbocycles. The summed E-state index contributed by atoms with van der Waals surface area (Å²) in [6, 6.07) is 10.3. The summed E-state index contributed by atoms with van der Waals surface area (Å²) >= 11 is 4.86. The van der Waals surface area contributed by atoms with E-state index in [1.54, 1.807) is 0 Å². The first kappa shape index (κ1) is 16.9. The zero-order valence-electron chi connectivity index (χ0n) is 14.2. The second-order valence-electron chi connectivity index (χ2n) is 6.31. The minimum absolute atomic E-state index is 0.520. The Balaban J connectivity index is 2.38. The standard InChI is InChI=1S/C20H23NO2S/c1-3-14-8-4-5-9-15(14)19(24)18-13(2)12-17-16(20(22)23)10-6-7-11-21(17)18/h4-5,8-9,12,24H,3,6-7,10-11H2,1-2H3,(H,22,23). The number of rotatable bonds is 3. The van der Waals surface area contributed by atoms with Gasteiger partial charge in [0.25, 0.3) is 0 Å². The normalized spacial score (nSPS) is 15.7. The Morgan fingerprint density at radius 3 is 2.75 bits per heavy atom. The van der Waals surface area contributed by atoms with Crippen LogP contribution < -0.4 is 10.7 Å². The predicted molar refractivity (Wildman–Crippen MR) is 101 cm³/mol. The van der Waals surface area contributed by atoms with Gasteiger partial charge in [0.2, 0.25) is 0 Å². The number of hydrogen-bond acceptors (Lipinski definition) is 2. The maximum atomic E-state index is 11.7. The highest BCUT2D eigenvalue weighted by Gasteiger charge is 2.17. The third-order valence-electron chi connectivity index (χ3n) is 4.79. The third kappa shape index (κ3) is 2.91. The number of carbonyl (C=O) groups is 1. The van der Waals surface area contributed by atoms with Crippen molar-refractivity contribution in [3.05, 3.63) is 57.7 Å². The summed E-state index contributed by atoms with van der Waals surface area (Å²) in [7, 11) is 0. The highest BCUT2D eigenvalue weighted by molar-refractivity contribution is 7.90. The fourth-order valence-corrected chi connectivity index (χ4v) is 4.10. The molecule has 0 radical (unpaired) electrons. The van der Waals surface area contributed by atoms with Crippen LogP contribution in [0.3, 0.4) is 0 Å². The monoisotopic (exact) mass is 341 g/mol. The Morgan fingerprint density at radius 2 is 2.04 bits per heavy atom. The topological polar surface area (TPSA) is 42.2 Å². The predicted octanol–water partition coefficient (Wildman–Crippen LogP) is 2.86. The smallest absolute Gasteiger partial charge is 0.333 e. The van der Waals surface area contributed by atoms with Crippen LogP contribution in [0.5, 0.6) is 0 Å². The van der Waals surface area contributed by atoms with Gasteiger partial charge in [-0.25, -0.2) is 4.79 Å². The van der Waals surface area contributed by atoms with Gasteiger partial charge >= 0.3 is 5.97 Å². The van der Waals surface area contributed by atoms with E-state index in [9.17, 15) is 9.90 Å². The number of aliphatic carboxylic acids is 1. The number of fused-ring (bicyclic) bond motifs is 1.